The third-order valence-electron chi connectivity index (χ3n) is 6.33. The minimum atomic E-state index is 0.461. The van der Waals surface area contributed by atoms with E-state index in [0.717, 1.165) is 29.6 Å². The molecule has 4 rings (SSSR count). The number of halogens is 1. The van der Waals surface area contributed by atoms with Crippen molar-refractivity contribution in [3.05, 3.63) is 58.4 Å². The molecule has 1 saturated heterocycles. The smallest absolute Gasteiger partial charge is 0.147 e. The Labute approximate surface area is 184 Å². The number of aryl methyl sites for hydroxylation is 3. The Morgan fingerprint density at radius 3 is 2.57 bits per heavy atom. The second kappa shape index (κ2) is 9.84. The average Bonchev–Trinajstić information content (AvgIpc) is 3.08. The van der Waals surface area contributed by atoms with E-state index in [1.807, 2.05) is 24.3 Å². The number of imidazole rings is 1. The maximum atomic E-state index is 6.03. The summed E-state index contributed by atoms with van der Waals surface area (Å²) in [5.41, 5.74) is 4.87. The van der Waals surface area contributed by atoms with E-state index in [2.05, 4.69) is 35.9 Å². The molecule has 5 heteroatoms. The van der Waals surface area contributed by atoms with Gasteiger partial charge in [0.05, 0.1) is 11.0 Å². The van der Waals surface area contributed by atoms with Gasteiger partial charge in [0.2, 0.25) is 0 Å². The summed E-state index contributed by atoms with van der Waals surface area (Å²) in [6.45, 7) is 8.14. The van der Waals surface area contributed by atoms with E-state index in [4.69, 9.17) is 21.3 Å². The predicted octanol–water partition coefficient (Wildman–Crippen LogP) is 6.06. The van der Waals surface area contributed by atoms with Gasteiger partial charge < -0.3 is 14.6 Å². The normalized spacial score (nSPS) is 15.0. The number of fused-ring (bicyclic) bond motifs is 1. The quantitative estimate of drug-likeness (QED) is 0.446. The van der Waals surface area contributed by atoms with Crippen LogP contribution in [0.3, 0.4) is 0 Å². The number of hydrogen-bond donors (Lipinski definition) is 1. The van der Waals surface area contributed by atoms with E-state index in [9.17, 15) is 0 Å². The molecule has 0 spiro atoms. The van der Waals surface area contributed by atoms with Crippen LogP contribution < -0.4 is 10.1 Å². The zero-order valence-corrected chi connectivity index (χ0v) is 18.8. The van der Waals surface area contributed by atoms with Gasteiger partial charge in [-0.25, -0.2) is 4.98 Å². The number of nitrogens with zero attached hydrogens (tertiary/aromatic N) is 2. The van der Waals surface area contributed by atoms with Crippen LogP contribution in [0.1, 0.15) is 49.1 Å². The highest BCUT2D eigenvalue weighted by atomic mass is 35.5. The topological polar surface area (TPSA) is 39.1 Å². The van der Waals surface area contributed by atoms with Crippen molar-refractivity contribution in [1.82, 2.24) is 14.9 Å². The molecule has 0 atom stereocenters. The molecule has 1 fully saturated rings. The molecular formula is C25H32ClN3O. The molecule has 0 saturated carbocycles. The van der Waals surface area contributed by atoms with Crippen molar-refractivity contribution in [2.45, 2.75) is 59.1 Å². The highest BCUT2D eigenvalue weighted by Crippen LogP contribution is 2.24. The standard InChI is InChI=1S/C25H32ClN3O/c1-18-15-23-24(16-19(18)2)29(14-4-3-5-20-10-12-27-13-11-20)25(28-23)17-30-22-8-6-21(26)7-9-22/h6-9,15-16,20,27H,3-5,10-14,17H2,1-2H3. The number of unbranched alkanes of at least 4 members (excludes halogenated alkanes) is 1. The largest absolute Gasteiger partial charge is 0.486 e. The lowest BCUT2D eigenvalue weighted by Crippen LogP contribution is -2.27. The molecule has 0 radical (unpaired) electrons. The summed E-state index contributed by atoms with van der Waals surface area (Å²) in [5.74, 6) is 2.70. The second-order valence-corrected chi connectivity index (χ2v) is 8.97. The number of nitrogens with one attached hydrogen (secondary N) is 1. The molecule has 1 aromatic heterocycles. The van der Waals surface area contributed by atoms with Crippen LogP contribution in [-0.4, -0.2) is 22.6 Å². The molecule has 4 nitrogen and oxygen atoms in total. The Balaban J connectivity index is 1.47. The van der Waals surface area contributed by atoms with E-state index < -0.39 is 0 Å². The van der Waals surface area contributed by atoms with Gasteiger partial charge in [0.25, 0.3) is 0 Å². The fourth-order valence-corrected chi connectivity index (χ4v) is 4.47. The van der Waals surface area contributed by atoms with Crippen LogP contribution in [0.5, 0.6) is 5.75 Å². The molecule has 160 valence electrons. The average molecular weight is 426 g/mol. The van der Waals surface area contributed by atoms with Crippen molar-refractivity contribution in [1.29, 1.82) is 0 Å². The number of piperidine rings is 1. The lowest BCUT2D eigenvalue weighted by atomic mass is 9.92. The molecule has 2 heterocycles. The fraction of sp³-hybridized carbons (Fsp3) is 0.480. The summed E-state index contributed by atoms with van der Waals surface area (Å²) < 4.78 is 8.39. The predicted molar refractivity (Wildman–Crippen MR) is 124 cm³/mol. The second-order valence-electron chi connectivity index (χ2n) is 8.54. The van der Waals surface area contributed by atoms with Crippen molar-refractivity contribution in [2.24, 2.45) is 5.92 Å². The van der Waals surface area contributed by atoms with E-state index >= 15 is 0 Å². The molecule has 2 aromatic carbocycles. The van der Waals surface area contributed by atoms with Gasteiger partial charge in [-0.3, -0.25) is 0 Å². The van der Waals surface area contributed by atoms with Crippen LogP contribution in [0.15, 0.2) is 36.4 Å². The Kier molecular flexibility index (Phi) is 6.96. The zero-order valence-electron chi connectivity index (χ0n) is 18.1. The highest BCUT2D eigenvalue weighted by Gasteiger charge is 2.15. The highest BCUT2D eigenvalue weighted by molar-refractivity contribution is 6.30. The maximum absolute atomic E-state index is 6.03. The number of hydrogen-bond acceptors (Lipinski definition) is 3. The van der Waals surface area contributed by atoms with Gasteiger partial charge in [0.15, 0.2) is 0 Å². The minimum Gasteiger partial charge on any atom is -0.486 e. The van der Waals surface area contributed by atoms with Gasteiger partial charge >= 0.3 is 0 Å². The molecule has 1 N–H and O–H groups in total. The van der Waals surface area contributed by atoms with Crippen LogP contribution in [0.2, 0.25) is 5.02 Å². The molecule has 30 heavy (non-hydrogen) atoms. The van der Waals surface area contributed by atoms with Crippen LogP contribution in [0.25, 0.3) is 11.0 Å². The summed E-state index contributed by atoms with van der Waals surface area (Å²) >= 11 is 5.99. The Bertz CT molecular complexity index is 974. The first kappa shape index (κ1) is 21.2. The van der Waals surface area contributed by atoms with Gasteiger partial charge in [0.1, 0.15) is 18.2 Å². The van der Waals surface area contributed by atoms with E-state index in [1.54, 1.807) is 0 Å². The van der Waals surface area contributed by atoms with Gasteiger partial charge in [-0.2, -0.15) is 0 Å². The molecule has 0 aliphatic carbocycles. The van der Waals surface area contributed by atoms with Gasteiger partial charge in [-0.15, -0.1) is 0 Å². The van der Waals surface area contributed by atoms with Crippen LogP contribution in [-0.2, 0) is 13.2 Å². The monoisotopic (exact) mass is 425 g/mol. The molecule has 1 aliphatic heterocycles. The van der Waals surface area contributed by atoms with E-state index in [1.165, 1.54) is 61.8 Å². The number of rotatable bonds is 8. The summed E-state index contributed by atoms with van der Waals surface area (Å²) in [4.78, 5) is 4.92. The number of aromatic nitrogens is 2. The summed E-state index contributed by atoms with van der Waals surface area (Å²) in [6, 6.07) is 12.0. The van der Waals surface area contributed by atoms with Crippen molar-refractivity contribution in [2.75, 3.05) is 13.1 Å². The van der Waals surface area contributed by atoms with Crippen LogP contribution in [0.4, 0.5) is 0 Å². The molecule has 1 aliphatic rings. The number of benzene rings is 2. The lowest BCUT2D eigenvalue weighted by molar-refractivity contribution is 0.288. The van der Waals surface area contributed by atoms with Crippen molar-refractivity contribution in [3.63, 3.8) is 0 Å². The first-order valence-corrected chi connectivity index (χ1v) is 11.5. The van der Waals surface area contributed by atoms with Gasteiger partial charge in [0, 0.05) is 11.6 Å². The summed E-state index contributed by atoms with van der Waals surface area (Å²) in [5, 5.41) is 4.18. The number of ether oxygens (including phenoxy) is 1. The van der Waals surface area contributed by atoms with Gasteiger partial charge in [-0.05, 0) is 99.6 Å². The van der Waals surface area contributed by atoms with Crippen LogP contribution in [0, 0.1) is 19.8 Å². The maximum Gasteiger partial charge on any atom is 0.147 e. The van der Waals surface area contributed by atoms with Crippen LogP contribution >= 0.6 is 11.6 Å². The third-order valence-corrected chi connectivity index (χ3v) is 6.58. The van der Waals surface area contributed by atoms with E-state index in [0.29, 0.717) is 11.6 Å². The molecule has 0 amide bonds. The lowest BCUT2D eigenvalue weighted by Gasteiger charge is -2.22. The SMILES string of the molecule is Cc1cc2nc(COc3ccc(Cl)cc3)n(CCCCC3CCNCC3)c2cc1C. The summed E-state index contributed by atoms with van der Waals surface area (Å²) in [7, 11) is 0. The molecule has 0 bridgehead atoms. The van der Waals surface area contributed by atoms with Crippen molar-refractivity contribution >= 4 is 22.6 Å². The van der Waals surface area contributed by atoms with E-state index in [-0.39, 0.29) is 0 Å². The Hall–Kier alpha value is -2.04. The molecule has 3 aromatic rings. The third kappa shape index (κ3) is 5.16. The first-order valence-electron chi connectivity index (χ1n) is 11.2. The van der Waals surface area contributed by atoms with Gasteiger partial charge in [-0.1, -0.05) is 24.4 Å². The molecular weight excluding hydrogens is 394 g/mol. The summed E-state index contributed by atoms with van der Waals surface area (Å²) in [6.07, 6.45) is 6.44. The van der Waals surface area contributed by atoms with Crippen molar-refractivity contribution < 1.29 is 4.74 Å². The van der Waals surface area contributed by atoms with Crippen molar-refractivity contribution in [3.8, 4) is 5.75 Å². The molecule has 0 unspecified atom stereocenters. The first-order chi connectivity index (χ1) is 14.6. The zero-order chi connectivity index (χ0) is 20.9. The Morgan fingerprint density at radius 2 is 1.80 bits per heavy atom. The Morgan fingerprint density at radius 1 is 1.07 bits per heavy atom. The fourth-order valence-electron chi connectivity index (χ4n) is 4.34. The minimum absolute atomic E-state index is 0.461.